The Labute approximate surface area is 79.9 Å². The molecule has 0 heterocycles. The Morgan fingerprint density at radius 3 is 2.38 bits per heavy atom. The summed E-state index contributed by atoms with van der Waals surface area (Å²) in [6.45, 7) is 4.97. The van der Waals surface area contributed by atoms with Gasteiger partial charge < -0.3 is 10.1 Å². The van der Waals surface area contributed by atoms with Crippen LogP contribution in [-0.4, -0.2) is 6.10 Å². The number of hydrogen-bond donors (Lipinski definition) is 1. The molecule has 0 radical (unpaired) electrons. The van der Waals surface area contributed by atoms with Crippen molar-refractivity contribution in [3.63, 3.8) is 0 Å². The second kappa shape index (κ2) is 4.87. The van der Waals surface area contributed by atoms with Crippen LogP contribution in [0.5, 0.6) is 5.75 Å². The van der Waals surface area contributed by atoms with E-state index < -0.39 is 0 Å². The lowest BCUT2D eigenvalue weighted by Gasteiger charge is -2.09. The fourth-order valence-electron chi connectivity index (χ4n) is 1.14. The summed E-state index contributed by atoms with van der Waals surface area (Å²) in [4.78, 5) is 0. The van der Waals surface area contributed by atoms with Crippen molar-refractivity contribution in [2.45, 2.75) is 26.5 Å². The first-order valence-electron chi connectivity index (χ1n) is 4.59. The fourth-order valence-corrected chi connectivity index (χ4v) is 1.14. The highest BCUT2D eigenvalue weighted by molar-refractivity contribution is 5.26. The Balaban J connectivity index is 2.59. The SMILES string of the molecule is [CH2-][NH2+]Cc1ccc(OC(C)C)cc1. The van der Waals surface area contributed by atoms with E-state index in [-0.39, 0.29) is 6.10 Å². The molecule has 0 aromatic heterocycles. The lowest BCUT2D eigenvalue weighted by atomic mass is 10.2. The largest absolute Gasteiger partial charge is 0.491 e. The Morgan fingerprint density at radius 2 is 1.92 bits per heavy atom. The van der Waals surface area contributed by atoms with Crippen LogP contribution in [0, 0.1) is 7.05 Å². The van der Waals surface area contributed by atoms with Crippen molar-refractivity contribution >= 4 is 0 Å². The third-order valence-electron chi connectivity index (χ3n) is 1.68. The van der Waals surface area contributed by atoms with E-state index in [4.69, 9.17) is 4.74 Å². The van der Waals surface area contributed by atoms with Crippen molar-refractivity contribution in [3.05, 3.63) is 36.9 Å². The van der Waals surface area contributed by atoms with Crippen molar-refractivity contribution in [2.75, 3.05) is 0 Å². The van der Waals surface area contributed by atoms with Gasteiger partial charge in [0.05, 0.1) is 12.6 Å². The molecule has 0 spiro atoms. The molecule has 2 N–H and O–H groups in total. The summed E-state index contributed by atoms with van der Waals surface area (Å²) in [6.07, 6.45) is 0.241. The van der Waals surface area contributed by atoms with E-state index in [2.05, 4.69) is 19.2 Å². The lowest BCUT2D eigenvalue weighted by Crippen LogP contribution is -2.74. The Kier molecular flexibility index (Phi) is 3.77. The average molecular weight is 179 g/mol. The number of quaternary nitrogens is 1. The van der Waals surface area contributed by atoms with Gasteiger partial charge >= 0.3 is 0 Å². The van der Waals surface area contributed by atoms with E-state index in [0.29, 0.717) is 0 Å². The average Bonchev–Trinajstić information content (AvgIpc) is 2.08. The quantitative estimate of drug-likeness (QED) is 0.693. The standard InChI is InChI=1S/C11H17NO/c1-9(2)13-11-6-4-10(5-7-11)8-12-3/h4-7,9H,3,8,12H2,1-2H3. The minimum Gasteiger partial charge on any atom is -0.491 e. The van der Waals surface area contributed by atoms with Crippen LogP contribution in [0.15, 0.2) is 24.3 Å². The van der Waals surface area contributed by atoms with E-state index in [1.165, 1.54) is 5.56 Å². The highest BCUT2D eigenvalue weighted by atomic mass is 16.5. The van der Waals surface area contributed by atoms with Crippen LogP contribution in [0.4, 0.5) is 0 Å². The van der Waals surface area contributed by atoms with Crippen LogP contribution < -0.4 is 10.1 Å². The topological polar surface area (TPSA) is 25.8 Å². The molecule has 2 heteroatoms. The summed E-state index contributed by atoms with van der Waals surface area (Å²) in [6, 6.07) is 8.14. The third kappa shape index (κ3) is 3.47. The molecule has 0 aliphatic heterocycles. The second-order valence-corrected chi connectivity index (χ2v) is 3.30. The molecule has 2 nitrogen and oxygen atoms in total. The van der Waals surface area contributed by atoms with Gasteiger partial charge in [0, 0.05) is 5.56 Å². The monoisotopic (exact) mass is 179 g/mol. The van der Waals surface area contributed by atoms with Gasteiger partial charge in [0.2, 0.25) is 0 Å². The summed E-state index contributed by atoms with van der Waals surface area (Å²) < 4.78 is 5.52. The predicted molar refractivity (Wildman–Crippen MR) is 53.2 cm³/mol. The highest BCUT2D eigenvalue weighted by Crippen LogP contribution is 2.12. The zero-order chi connectivity index (χ0) is 9.68. The molecule has 1 aromatic carbocycles. The van der Waals surface area contributed by atoms with Crippen molar-refractivity contribution in [3.8, 4) is 5.75 Å². The number of rotatable bonds is 4. The number of hydrogen-bond acceptors (Lipinski definition) is 1. The van der Waals surface area contributed by atoms with Gasteiger partial charge in [-0.05, 0) is 38.1 Å². The highest BCUT2D eigenvalue weighted by Gasteiger charge is 1.97. The maximum atomic E-state index is 5.52. The van der Waals surface area contributed by atoms with Crippen LogP contribution in [0.2, 0.25) is 0 Å². The predicted octanol–water partition coefficient (Wildman–Crippen LogP) is 1.33. The van der Waals surface area contributed by atoms with Gasteiger partial charge in [0.25, 0.3) is 0 Å². The van der Waals surface area contributed by atoms with E-state index in [1.807, 2.05) is 31.3 Å². The molecular weight excluding hydrogens is 162 g/mol. The molecule has 72 valence electrons. The molecule has 0 saturated heterocycles. The molecule has 0 saturated carbocycles. The first kappa shape index (κ1) is 10.1. The van der Waals surface area contributed by atoms with Gasteiger partial charge in [-0.3, -0.25) is 0 Å². The molecule has 0 fully saturated rings. The first-order valence-corrected chi connectivity index (χ1v) is 4.59. The summed E-state index contributed by atoms with van der Waals surface area (Å²) in [5.41, 5.74) is 1.27. The lowest BCUT2D eigenvalue weighted by molar-refractivity contribution is -0.612. The van der Waals surface area contributed by atoms with Crippen molar-refractivity contribution < 1.29 is 10.1 Å². The van der Waals surface area contributed by atoms with Gasteiger partial charge in [0.1, 0.15) is 5.75 Å². The zero-order valence-electron chi connectivity index (χ0n) is 8.29. The third-order valence-corrected chi connectivity index (χ3v) is 1.68. The molecule has 1 aromatic rings. The molecule has 0 aliphatic rings. The summed E-state index contributed by atoms with van der Waals surface area (Å²) in [7, 11) is 3.70. The molecule has 0 bridgehead atoms. The van der Waals surface area contributed by atoms with E-state index in [0.717, 1.165) is 12.3 Å². The molecule has 0 aliphatic carbocycles. The van der Waals surface area contributed by atoms with Crippen LogP contribution in [0.3, 0.4) is 0 Å². The van der Waals surface area contributed by atoms with E-state index in [9.17, 15) is 0 Å². The molecule has 0 unspecified atom stereocenters. The Morgan fingerprint density at radius 1 is 1.31 bits per heavy atom. The Bertz CT molecular complexity index is 241. The van der Waals surface area contributed by atoms with Crippen LogP contribution in [0.1, 0.15) is 19.4 Å². The number of benzene rings is 1. The smallest absolute Gasteiger partial charge is 0.119 e. The molecule has 1 rings (SSSR count). The summed E-state index contributed by atoms with van der Waals surface area (Å²) in [5, 5.41) is 1.90. The molecule has 13 heavy (non-hydrogen) atoms. The van der Waals surface area contributed by atoms with Crippen molar-refractivity contribution in [1.29, 1.82) is 0 Å². The summed E-state index contributed by atoms with van der Waals surface area (Å²) >= 11 is 0. The maximum Gasteiger partial charge on any atom is 0.119 e. The molecule has 0 atom stereocenters. The van der Waals surface area contributed by atoms with Crippen LogP contribution in [-0.2, 0) is 6.54 Å². The van der Waals surface area contributed by atoms with Crippen molar-refractivity contribution in [1.82, 2.24) is 0 Å². The minimum atomic E-state index is 0.241. The van der Waals surface area contributed by atoms with Gasteiger partial charge in [-0.15, -0.1) is 0 Å². The van der Waals surface area contributed by atoms with E-state index >= 15 is 0 Å². The number of nitrogens with two attached hydrogens (primary N) is 1. The number of ether oxygens (including phenoxy) is 1. The normalized spacial score (nSPS) is 10.5. The van der Waals surface area contributed by atoms with Gasteiger partial charge in [-0.25, -0.2) is 0 Å². The van der Waals surface area contributed by atoms with Gasteiger partial charge in [0.15, 0.2) is 0 Å². The molecule has 0 amide bonds. The Hall–Kier alpha value is -1.02. The first-order chi connectivity index (χ1) is 6.22. The van der Waals surface area contributed by atoms with E-state index in [1.54, 1.807) is 0 Å². The van der Waals surface area contributed by atoms with Crippen LogP contribution in [0.25, 0.3) is 0 Å². The molecular formula is C11H17NO. The summed E-state index contributed by atoms with van der Waals surface area (Å²) in [5.74, 6) is 0.933. The fraction of sp³-hybridized carbons (Fsp3) is 0.364. The maximum absolute atomic E-state index is 5.52. The minimum absolute atomic E-state index is 0.241. The van der Waals surface area contributed by atoms with Gasteiger partial charge in [-0.1, -0.05) is 0 Å². The zero-order valence-corrected chi connectivity index (χ0v) is 8.29. The van der Waals surface area contributed by atoms with Crippen LogP contribution >= 0.6 is 0 Å². The second-order valence-electron chi connectivity index (χ2n) is 3.30. The van der Waals surface area contributed by atoms with Crippen molar-refractivity contribution in [2.24, 2.45) is 0 Å². The van der Waals surface area contributed by atoms with Gasteiger partial charge in [-0.2, -0.15) is 7.05 Å².